The second kappa shape index (κ2) is 4.22. The molecule has 0 fully saturated rings. The Morgan fingerprint density at radius 3 is 3.07 bits per heavy atom. The number of rotatable bonds is 4. The molecule has 80 valence electrons. The van der Waals surface area contributed by atoms with Crippen molar-refractivity contribution < 1.29 is 4.52 Å². The monoisotopic (exact) mass is 207 g/mol. The van der Waals surface area contributed by atoms with Gasteiger partial charge in [-0.3, -0.25) is 0 Å². The highest BCUT2D eigenvalue weighted by atomic mass is 16.5. The fourth-order valence-corrected chi connectivity index (χ4v) is 1.22. The van der Waals surface area contributed by atoms with E-state index in [-0.39, 0.29) is 0 Å². The van der Waals surface area contributed by atoms with Gasteiger partial charge in [-0.15, -0.1) is 0 Å². The lowest BCUT2D eigenvalue weighted by Crippen LogP contribution is -2.10. The molecule has 2 aromatic rings. The number of hydrogen-bond acceptors (Lipinski definition) is 5. The zero-order valence-corrected chi connectivity index (χ0v) is 8.77. The highest BCUT2D eigenvalue weighted by Crippen LogP contribution is 2.13. The van der Waals surface area contributed by atoms with Crippen molar-refractivity contribution in [2.75, 3.05) is 13.6 Å². The molecule has 2 heterocycles. The first kappa shape index (κ1) is 9.85. The summed E-state index contributed by atoms with van der Waals surface area (Å²) in [6.45, 7) is 0.835. The van der Waals surface area contributed by atoms with Gasteiger partial charge >= 0.3 is 0 Å². The summed E-state index contributed by atoms with van der Waals surface area (Å²) in [6, 6.07) is 0. The molecule has 0 aliphatic rings. The zero-order valence-electron chi connectivity index (χ0n) is 8.77. The lowest BCUT2D eigenvalue weighted by molar-refractivity contribution is 0.421. The molecule has 15 heavy (non-hydrogen) atoms. The Morgan fingerprint density at radius 2 is 2.40 bits per heavy atom. The Kier molecular flexibility index (Phi) is 2.77. The summed E-state index contributed by atoms with van der Waals surface area (Å²) < 4.78 is 6.94. The lowest BCUT2D eigenvalue weighted by Gasteiger charge is -1.90. The van der Waals surface area contributed by atoms with Gasteiger partial charge in [0.25, 0.3) is 5.89 Å². The largest absolute Gasteiger partial charge is 0.340 e. The topological polar surface area (TPSA) is 68.8 Å². The van der Waals surface area contributed by atoms with Gasteiger partial charge in [-0.25, -0.2) is 4.98 Å². The van der Waals surface area contributed by atoms with Crippen molar-refractivity contribution in [3.63, 3.8) is 0 Å². The molecule has 0 saturated carbocycles. The number of aromatic nitrogens is 4. The molecule has 0 spiro atoms. The van der Waals surface area contributed by atoms with Gasteiger partial charge in [0.15, 0.2) is 5.82 Å². The Bertz CT molecular complexity index is 433. The summed E-state index contributed by atoms with van der Waals surface area (Å²) in [5.74, 6) is 1.17. The van der Waals surface area contributed by atoms with Crippen molar-refractivity contribution in [1.29, 1.82) is 0 Å². The van der Waals surface area contributed by atoms with Crippen molar-refractivity contribution >= 4 is 0 Å². The molecular formula is C9H13N5O. The number of nitrogens with zero attached hydrogens (tertiary/aromatic N) is 4. The van der Waals surface area contributed by atoms with Crippen LogP contribution in [0.15, 0.2) is 17.0 Å². The standard InChI is InChI=1S/C9H13N5O/c1-10-4-3-8-12-9(15-13-8)7-5-14(2)6-11-7/h5-6,10H,3-4H2,1-2H3. The Balaban J connectivity index is 2.13. The molecule has 0 aliphatic heterocycles. The van der Waals surface area contributed by atoms with E-state index < -0.39 is 0 Å². The first-order chi connectivity index (χ1) is 7.29. The molecule has 0 radical (unpaired) electrons. The van der Waals surface area contributed by atoms with Crippen molar-refractivity contribution in [1.82, 2.24) is 25.0 Å². The minimum absolute atomic E-state index is 0.474. The minimum atomic E-state index is 0.474. The Morgan fingerprint density at radius 1 is 1.53 bits per heavy atom. The first-order valence-corrected chi connectivity index (χ1v) is 4.75. The predicted octanol–water partition coefficient (Wildman–Crippen LogP) is 0.232. The molecule has 0 aliphatic carbocycles. The molecule has 0 bridgehead atoms. The molecule has 0 amide bonds. The number of likely N-dealkylation sites (N-methyl/N-ethyl adjacent to an activating group) is 1. The van der Waals surface area contributed by atoms with Crippen LogP contribution in [-0.2, 0) is 13.5 Å². The summed E-state index contributed by atoms with van der Waals surface area (Å²) in [4.78, 5) is 8.37. The van der Waals surface area contributed by atoms with Crippen molar-refractivity contribution in [2.24, 2.45) is 7.05 Å². The SMILES string of the molecule is CNCCc1noc(-c2cn(C)cn2)n1. The van der Waals surface area contributed by atoms with Gasteiger partial charge in [0.05, 0.1) is 6.33 Å². The quantitative estimate of drug-likeness (QED) is 0.777. The first-order valence-electron chi connectivity index (χ1n) is 4.75. The molecule has 0 saturated heterocycles. The third kappa shape index (κ3) is 2.21. The van der Waals surface area contributed by atoms with Gasteiger partial charge in [0.1, 0.15) is 5.69 Å². The molecule has 6 heteroatoms. The number of imidazole rings is 1. The average molecular weight is 207 g/mol. The van der Waals surface area contributed by atoms with Gasteiger partial charge in [-0.05, 0) is 7.05 Å². The Labute approximate surface area is 87.3 Å². The second-order valence-electron chi connectivity index (χ2n) is 3.29. The molecule has 0 unspecified atom stereocenters. The van der Waals surface area contributed by atoms with Crippen LogP contribution < -0.4 is 5.32 Å². The molecule has 2 rings (SSSR count). The number of aryl methyl sites for hydroxylation is 1. The zero-order chi connectivity index (χ0) is 10.7. The highest BCUT2D eigenvalue weighted by Gasteiger charge is 2.10. The third-order valence-corrected chi connectivity index (χ3v) is 1.99. The summed E-state index contributed by atoms with van der Waals surface area (Å²) in [7, 11) is 3.79. The van der Waals surface area contributed by atoms with Crippen molar-refractivity contribution in [3.05, 3.63) is 18.3 Å². The summed E-state index contributed by atoms with van der Waals surface area (Å²) in [5, 5.41) is 6.89. The molecule has 6 nitrogen and oxygen atoms in total. The van der Waals surface area contributed by atoms with E-state index in [0.717, 1.165) is 13.0 Å². The van der Waals surface area contributed by atoms with E-state index in [2.05, 4.69) is 20.4 Å². The number of hydrogen-bond donors (Lipinski definition) is 1. The van der Waals surface area contributed by atoms with Crippen molar-refractivity contribution in [3.8, 4) is 11.6 Å². The van der Waals surface area contributed by atoms with Crippen LogP contribution in [0.5, 0.6) is 0 Å². The smallest absolute Gasteiger partial charge is 0.278 e. The Hall–Kier alpha value is -1.69. The van der Waals surface area contributed by atoms with E-state index >= 15 is 0 Å². The predicted molar refractivity (Wildman–Crippen MR) is 54.1 cm³/mol. The molecule has 1 N–H and O–H groups in total. The fourth-order valence-electron chi connectivity index (χ4n) is 1.22. The van der Waals surface area contributed by atoms with E-state index in [1.807, 2.05) is 24.9 Å². The van der Waals surface area contributed by atoms with E-state index in [0.29, 0.717) is 17.4 Å². The van der Waals surface area contributed by atoms with Crippen LogP contribution in [0.3, 0.4) is 0 Å². The molecular weight excluding hydrogens is 194 g/mol. The van der Waals surface area contributed by atoms with E-state index in [1.165, 1.54) is 0 Å². The molecule has 0 atom stereocenters. The van der Waals surface area contributed by atoms with Crippen LogP contribution in [0.25, 0.3) is 11.6 Å². The van der Waals surface area contributed by atoms with Gasteiger partial charge in [0, 0.05) is 26.2 Å². The van der Waals surface area contributed by atoms with Crippen molar-refractivity contribution in [2.45, 2.75) is 6.42 Å². The van der Waals surface area contributed by atoms with Gasteiger partial charge in [-0.1, -0.05) is 5.16 Å². The van der Waals surface area contributed by atoms with Crippen LogP contribution in [0.4, 0.5) is 0 Å². The maximum atomic E-state index is 5.10. The maximum absolute atomic E-state index is 5.10. The van der Waals surface area contributed by atoms with E-state index in [1.54, 1.807) is 6.33 Å². The summed E-state index contributed by atoms with van der Waals surface area (Å²) in [5.41, 5.74) is 0.709. The fraction of sp³-hybridized carbons (Fsp3) is 0.444. The minimum Gasteiger partial charge on any atom is -0.340 e. The van der Waals surface area contributed by atoms with Crippen LogP contribution in [-0.4, -0.2) is 33.3 Å². The summed E-state index contributed by atoms with van der Waals surface area (Å²) in [6.07, 6.45) is 4.30. The van der Waals surface area contributed by atoms with E-state index in [4.69, 9.17) is 4.52 Å². The van der Waals surface area contributed by atoms with Crippen LogP contribution in [0.1, 0.15) is 5.82 Å². The number of nitrogens with one attached hydrogen (secondary N) is 1. The highest BCUT2D eigenvalue weighted by molar-refractivity contribution is 5.44. The van der Waals surface area contributed by atoms with Gasteiger partial charge in [0.2, 0.25) is 0 Å². The second-order valence-corrected chi connectivity index (χ2v) is 3.29. The third-order valence-electron chi connectivity index (χ3n) is 1.99. The molecule has 0 aromatic carbocycles. The normalized spacial score (nSPS) is 10.8. The maximum Gasteiger partial charge on any atom is 0.278 e. The van der Waals surface area contributed by atoms with Crippen LogP contribution in [0.2, 0.25) is 0 Å². The lowest BCUT2D eigenvalue weighted by atomic mass is 10.4. The average Bonchev–Trinajstić information content (AvgIpc) is 2.83. The molecule has 2 aromatic heterocycles. The van der Waals surface area contributed by atoms with E-state index in [9.17, 15) is 0 Å². The summed E-state index contributed by atoms with van der Waals surface area (Å²) >= 11 is 0. The van der Waals surface area contributed by atoms with Crippen LogP contribution >= 0.6 is 0 Å². The van der Waals surface area contributed by atoms with Gasteiger partial charge < -0.3 is 14.4 Å². The van der Waals surface area contributed by atoms with Crippen LogP contribution in [0, 0.1) is 0 Å². The van der Waals surface area contributed by atoms with Gasteiger partial charge in [-0.2, -0.15) is 4.98 Å².